The Morgan fingerprint density at radius 2 is 1.28 bits per heavy atom. The molecule has 0 fully saturated rings. The predicted molar refractivity (Wildman–Crippen MR) is 113 cm³/mol. The van der Waals surface area contributed by atoms with Crippen molar-refractivity contribution in [3.8, 4) is 11.5 Å². The summed E-state index contributed by atoms with van der Waals surface area (Å²) in [5.74, 6) is 0.190. The molecule has 2 N–H and O–H groups in total. The number of rotatable bonds is 6. The summed E-state index contributed by atoms with van der Waals surface area (Å²) in [6.07, 6.45) is 0. The van der Waals surface area contributed by atoms with Gasteiger partial charge in [0.1, 0.15) is 11.5 Å². The first kappa shape index (κ1) is 20.2. The molecule has 0 atom stereocenters. The first-order valence-corrected chi connectivity index (χ1v) is 9.09. The number of ether oxygens (including phenoxy) is 2. The molecule has 0 saturated heterocycles. The number of halogens is 1. The molecule has 0 radical (unpaired) electrons. The van der Waals surface area contributed by atoms with Gasteiger partial charge in [-0.25, -0.2) is 0 Å². The smallest absolute Gasteiger partial charge is 0.259 e. The third-order valence-electron chi connectivity index (χ3n) is 4.18. The number of amides is 2. The SMILES string of the molecule is COc1ccccc1C(=O)Nc1ccc(Cl)c(NC(=O)c2ccccc2OC)c1. The van der Waals surface area contributed by atoms with Crippen LogP contribution in [0.5, 0.6) is 11.5 Å². The number of nitrogens with one attached hydrogen (secondary N) is 2. The van der Waals surface area contributed by atoms with Crippen molar-refractivity contribution in [3.63, 3.8) is 0 Å². The van der Waals surface area contributed by atoms with Crippen molar-refractivity contribution < 1.29 is 19.1 Å². The largest absolute Gasteiger partial charge is 0.496 e. The summed E-state index contributed by atoms with van der Waals surface area (Å²) >= 11 is 6.22. The van der Waals surface area contributed by atoms with E-state index in [1.54, 1.807) is 66.7 Å². The fraction of sp³-hybridized carbons (Fsp3) is 0.0909. The second-order valence-electron chi connectivity index (χ2n) is 6.00. The molecule has 0 heterocycles. The Morgan fingerprint density at radius 1 is 0.759 bits per heavy atom. The lowest BCUT2D eigenvalue weighted by molar-refractivity contribution is 0.101. The summed E-state index contributed by atoms with van der Waals surface area (Å²) < 4.78 is 10.4. The summed E-state index contributed by atoms with van der Waals surface area (Å²) in [7, 11) is 2.99. The third-order valence-corrected chi connectivity index (χ3v) is 4.51. The molecular weight excluding hydrogens is 392 g/mol. The lowest BCUT2D eigenvalue weighted by atomic mass is 10.1. The molecule has 0 saturated carbocycles. The standard InChI is InChI=1S/C22H19ClN2O4/c1-28-19-9-5-3-7-15(19)21(26)24-14-11-12-17(23)18(13-14)25-22(27)16-8-4-6-10-20(16)29-2/h3-13H,1-2H3,(H,24,26)(H,25,27). The van der Waals surface area contributed by atoms with Gasteiger partial charge in [-0.15, -0.1) is 0 Å². The number of anilines is 2. The summed E-state index contributed by atoms with van der Waals surface area (Å²) in [5.41, 5.74) is 1.60. The normalized spacial score (nSPS) is 10.2. The molecule has 3 aromatic rings. The Bertz CT molecular complexity index is 1050. The Hall–Kier alpha value is -3.51. The number of carbonyl (C=O) groups excluding carboxylic acids is 2. The van der Waals surface area contributed by atoms with E-state index in [4.69, 9.17) is 21.1 Å². The zero-order chi connectivity index (χ0) is 20.8. The molecule has 7 heteroatoms. The van der Waals surface area contributed by atoms with E-state index in [0.29, 0.717) is 39.0 Å². The molecular formula is C22H19ClN2O4. The molecule has 0 aliphatic heterocycles. The second-order valence-corrected chi connectivity index (χ2v) is 6.41. The van der Waals surface area contributed by atoms with Crippen LogP contribution in [0.2, 0.25) is 5.02 Å². The molecule has 0 aliphatic carbocycles. The Labute approximate surface area is 173 Å². The maximum atomic E-state index is 12.6. The highest BCUT2D eigenvalue weighted by atomic mass is 35.5. The topological polar surface area (TPSA) is 76.7 Å². The van der Waals surface area contributed by atoms with Crippen LogP contribution in [0.3, 0.4) is 0 Å². The van der Waals surface area contributed by atoms with E-state index in [0.717, 1.165) is 0 Å². The second kappa shape index (κ2) is 9.12. The molecule has 6 nitrogen and oxygen atoms in total. The lowest BCUT2D eigenvalue weighted by Crippen LogP contribution is -2.15. The first-order valence-electron chi connectivity index (χ1n) is 8.71. The zero-order valence-electron chi connectivity index (χ0n) is 15.9. The van der Waals surface area contributed by atoms with Crippen LogP contribution in [0.1, 0.15) is 20.7 Å². The molecule has 0 unspecified atom stereocenters. The summed E-state index contributed by atoms with van der Waals surface area (Å²) in [5, 5.41) is 5.87. The number of hydrogen-bond acceptors (Lipinski definition) is 4. The van der Waals surface area contributed by atoms with Gasteiger partial charge in [-0.1, -0.05) is 35.9 Å². The van der Waals surface area contributed by atoms with Crippen LogP contribution >= 0.6 is 11.6 Å². The minimum absolute atomic E-state index is 0.337. The maximum Gasteiger partial charge on any atom is 0.259 e. The van der Waals surface area contributed by atoms with Gasteiger partial charge in [-0.05, 0) is 42.5 Å². The number of benzene rings is 3. The van der Waals surface area contributed by atoms with Crippen molar-refractivity contribution in [3.05, 3.63) is 82.9 Å². The van der Waals surface area contributed by atoms with E-state index in [1.165, 1.54) is 14.2 Å². The molecule has 148 valence electrons. The molecule has 2 amide bonds. The van der Waals surface area contributed by atoms with Crippen LogP contribution in [0, 0.1) is 0 Å². The zero-order valence-corrected chi connectivity index (χ0v) is 16.6. The summed E-state index contributed by atoms with van der Waals surface area (Å²) in [6, 6.07) is 18.6. The van der Waals surface area contributed by atoms with Gasteiger partial charge in [0.25, 0.3) is 11.8 Å². The van der Waals surface area contributed by atoms with Crippen molar-refractivity contribution in [2.24, 2.45) is 0 Å². The van der Waals surface area contributed by atoms with E-state index >= 15 is 0 Å². The average Bonchev–Trinajstić information content (AvgIpc) is 2.75. The van der Waals surface area contributed by atoms with Crippen molar-refractivity contribution in [2.75, 3.05) is 24.9 Å². The fourth-order valence-electron chi connectivity index (χ4n) is 2.75. The van der Waals surface area contributed by atoms with Gasteiger partial charge in [0.05, 0.1) is 36.1 Å². The van der Waals surface area contributed by atoms with Gasteiger partial charge in [0, 0.05) is 5.69 Å². The quantitative estimate of drug-likeness (QED) is 0.608. The Morgan fingerprint density at radius 3 is 1.83 bits per heavy atom. The monoisotopic (exact) mass is 410 g/mol. The fourth-order valence-corrected chi connectivity index (χ4v) is 2.92. The molecule has 3 aromatic carbocycles. The number of carbonyl (C=O) groups is 2. The first-order chi connectivity index (χ1) is 14.0. The highest BCUT2D eigenvalue weighted by Gasteiger charge is 2.15. The Kier molecular flexibility index (Phi) is 6.36. The average molecular weight is 411 g/mol. The summed E-state index contributed by atoms with van der Waals surface area (Å²) in [6.45, 7) is 0. The van der Waals surface area contributed by atoms with Gasteiger partial charge in [0.2, 0.25) is 0 Å². The molecule has 0 aromatic heterocycles. The third kappa shape index (κ3) is 4.67. The van der Waals surface area contributed by atoms with Crippen molar-refractivity contribution in [1.29, 1.82) is 0 Å². The van der Waals surface area contributed by atoms with Crippen LogP contribution < -0.4 is 20.1 Å². The molecule has 3 rings (SSSR count). The van der Waals surface area contributed by atoms with E-state index in [-0.39, 0.29) is 11.8 Å². The molecule has 29 heavy (non-hydrogen) atoms. The van der Waals surface area contributed by atoms with Crippen LogP contribution in [-0.2, 0) is 0 Å². The summed E-state index contributed by atoms with van der Waals surface area (Å²) in [4.78, 5) is 25.2. The lowest BCUT2D eigenvalue weighted by Gasteiger charge is -2.13. The van der Waals surface area contributed by atoms with Crippen molar-refractivity contribution in [1.82, 2.24) is 0 Å². The number of hydrogen-bond donors (Lipinski definition) is 2. The van der Waals surface area contributed by atoms with Crippen molar-refractivity contribution in [2.45, 2.75) is 0 Å². The van der Waals surface area contributed by atoms with Gasteiger partial charge < -0.3 is 20.1 Å². The Balaban J connectivity index is 1.81. The predicted octanol–water partition coefficient (Wildman–Crippen LogP) is 4.86. The number of para-hydroxylation sites is 2. The maximum absolute atomic E-state index is 12.6. The molecule has 0 spiro atoms. The van der Waals surface area contributed by atoms with E-state index in [2.05, 4.69) is 10.6 Å². The number of methoxy groups -OCH3 is 2. The minimum atomic E-state index is -0.377. The van der Waals surface area contributed by atoms with Gasteiger partial charge in [-0.2, -0.15) is 0 Å². The molecule has 0 bridgehead atoms. The van der Waals surface area contributed by atoms with Gasteiger partial charge in [0.15, 0.2) is 0 Å². The van der Waals surface area contributed by atoms with E-state index in [9.17, 15) is 9.59 Å². The van der Waals surface area contributed by atoms with Crippen LogP contribution in [0.25, 0.3) is 0 Å². The van der Waals surface area contributed by atoms with E-state index < -0.39 is 0 Å². The van der Waals surface area contributed by atoms with Gasteiger partial charge in [-0.3, -0.25) is 9.59 Å². The van der Waals surface area contributed by atoms with Crippen LogP contribution in [-0.4, -0.2) is 26.0 Å². The molecule has 0 aliphatic rings. The highest BCUT2D eigenvalue weighted by molar-refractivity contribution is 6.34. The minimum Gasteiger partial charge on any atom is -0.496 e. The van der Waals surface area contributed by atoms with Crippen molar-refractivity contribution >= 4 is 34.8 Å². The van der Waals surface area contributed by atoms with Gasteiger partial charge >= 0.3 is 0 Å². The van der Waals surface area contributed by atoms with Crippen LogP contribution in [0.4, 0.5) is 11.4 Å². The van der Waals surface area contributed by atoms with Crippen LogP contribution in [0.15, 0.2) is 66.7 Å². The van der Waals surface area contributed by atoms with E-state index in [1.807, 2.05) is 0 Å². The highest BCUT2D eigenvalue weighted by Crippen LogP contribution is 2.28.